The molecular formula is C12H14N4OS. The van der Waals surface area contributed by atoms with Gasteiger partial charge in [0.2, 0.25) is 0 Å². The molecule has 0 spiro atoms. The summed E-state index contributed by atoms with van der Waals surface area (Å²) < 4.78 is 0. The molecule has 94 valence electrons. The molecule has 0 atom stereocenters. The van der Waals surface area contributed by atoms with Gasteiger partial charge in [-0.1, -0.05) is 0 Å². The summed E-state index contributed by atoms with van der Waals surface area (Å²) in [6.45, 7) is 4.33. The van der Waals surface area contributed by atoms with Crippen LogP contribution in [-0.4, -0.2) is 32.8 Å². The molecule has 0 bridgehead atoms. The molecular weight excluding hydrogens is 248 g/mol. The van der Waals surface area contributed by atoms with Crippen LogP contribution in [0.1, 0.15) is 26.1 Å². The second-order valence-electron chi connectivity index (χ2n) is 4.05. The van der Waals surface area contributed by atoms with E-state index in [1.165, 1.54) is 6.20 Å². The summed E-state index contributed by atoms with van der Waals surface area (Å²) in [7, 11) is 1.75. The predicted octanol–water partition coefficient (Wildman–Crippen LogP) is 1.82. The van der Waals surface area contributed by atoms with Crippen molar-refractivity contribution in [2.45, 2.75) is 20.4 Å². The third-order valence-corrected chi connectivity index (χ3v) is 3.31. The lowest BCUT2D eigenvalue weighted by molar-refractivity contribution is 0.0780. The summed E-state index contributed by atoms with van der Waals surface area (Å²) in [5.41, 5.74) is 1.16. The lowest BCUT2D eigenvalue weighted by Gasteiger charge is -2.15. The van der Waals surface area contributed by atoms with Crippen molar-refractivity contribution in [1.29, 1.82) is 0 Å². The van der Waals surface area contributed by atoms with E-state index in [1.54, 1.807) is 35.7 Å². The van der Waals surface area contributed by atoms with E-state index in [1.807, 2.05) is 13.8 Å². The van der Waals surface area contributed by atoms with Gasteiger partial charge in [0.1, 0.15) is 5.69 Å². The maximum Gasteiger partial charge on any atom is 0.274 e. The van der Waals surface area contributed by atoms with Crippen molar-refractivity contribution in [3.05, 3.63) is 39.9 Å². The number of rotatable bonds is 3. The van der Waals surface area contributed by atoms with E-state index in [9.17, 15) is 4.79 Å². The summed E-state index contributed by atoms with van der Waals surface area (Å²) >= 11 is 1.59. The normalized spacial score (nSPS) is 10.4. The van der Waals surface area contributed by atoms with Crippen molar-refractivity contribution >= 4 is 17.2 Å². The number of hydrogen-bond donors (Lipinski definition) is 0. The number of aromatic nitrogens is 3. The van der Waals surface area contributed by atoms with Gasteiger partial charge in [-0.2, -0.15) is 0 Å². The van der Waals surface area contributed by atoms with Crippen LogP contribution in [0.2, 0.25) is 0 Å². The maximum absolute atomic E-state index is 12.1. The number of amides is 1. The number of hydrogen-bond acceptors (Lipinski definition) is 5. The van der Waals surface area contributed by atoms with E-state index >= 15 is 0 Å². The Balaban J connectivity index is 2.07. The summed E-state index contributed by atoms with van der Waals surface area (Å²) in [6, 6.07) is 0. The minimum Gasteiger partial charge on any atom is -0.335 e. The molecule has 0 aliphatic carbocycles. The van der Waals surface area contributed by atoms with Gasteiger partial charge < -0.3 is 4.90 Å². The van der Waals surface area contributed by atoms with Crippen molar-refractivity contribution in [3.8, 4) is 0 Å². The third kappa shape index (κ3) is 2.89. The largest absolute Gasteiger partial charge is 0.335 e. The molecule has 6 heteroatoms. The molecule has 2 aromatic heterocycles. The fraction of sp³-hybridized carbons (Fsp3) is 0.333. The first-order chi connectivity index (χ1) is 8.56. The van der Waals surface area contributed by atoms with E-state index in [4.69, 9.17) is 0 Å². The highest BCUT2D eigenvalue weighted by Gasteiger charge is 2.14. The SMILES string of the molecule is Cc1cnc(C(=O)N(C)Cc2cnc(C)s2)cn1. The van der Waals surface area contributed by atoms with Gasteiger partial charge in [0, 0.05) is 24.3 Å². The minimum absolute atomic E-state index is 0.131. The summed E-state index contributed by atoms with van der Waals surface area (Å²) in [4.78, 5) is 27.1. The molecule has 0 saturated heterocycles. The summed E-state index contributed by atoms with van der Waals surface area (Å²) in [6.07, 6.45) is 4.90. The molecule has 0 aliphatic heterocycles. The molecule has 1 amide bonds. The number of nitrogens with zero attached hydrogens (tertiary/aromatic N) is 4. The molecule has 0 unspecified atom stereocenters. The first-order valence-electron chi connectivity index (χ1n) is 5.51. The van der Waals surface area contributed by atoms with Crippen LogP contribution in [0, 0.1) is 13.8 Å². The van der Waals surface area contributed by atoms with Crippen LogP contribution >= 0.6 is 11.3 Å². The topological polar surface area (TPSA) is 59.0 Å². The number of thiazole rings is 1. The molecule has 18 heavy (non-hydrogen) atoms. The maximum atomic E-state index is 12.1. The van der Waals surface area contributed by atoms with Crippen molar-refractivity contribution in [2.24, 2.45) is 0 Å². The van der Waals surface area contributed by atoms with Crippen molar-refractivity contribution < 1.29 is 4.79 Å². The summed E-state index contributed by atoms with van der Waals surface area (Å²) in [5, 5.41) is 1.00. The van der Waals surface area contributed by atoms with Crippen molar-refractivity contribution in [2.75, 3.05) is 7.05 Å². The summed E-state index contributed by atoms with van der Waals surface area (Å²) in [5.74, 6) is -0.131. The number of aryl methyl sites for hydroxylation is 2. The highest BCUT2D eigenvalue weighted by molar-refractivity contribution is 7.11. The van der Waals surface area contributed by atoms with Crippen LogP contribution in [0.3, 0.4) is 0 Å². The van der Waals surface area contributed by atoms with Gasteiger partial charge in [-0.15, -0.1) is 11.3 Å². The zero-order chi connectivity index (χ0) is 13.1. The molecule has 2 aromatic rings. The lowest BCUT2D eigenvalue weighted by Crippen LogP contribution is -2.26. The van der Waals surface area contributed by atoms with E-state index in [-0.39, 0.29) is 5.91 Å². The first kappa shape index (κ1) is 12.6. The van der Waals surface area contributed by atoms with Gasteiger partial charge in [0.15, 0.2) is 0 Å². The average Bonchev–Trinajstić information content (AvgIpc) is 2.75. The van der Waals surface area contributed by atoms with Gasteiger partial charge >= 0.3 is 0 Å². The molecule has 0 saturated carbocycles. The number of carbonyl (C=O) groups is 1. The first-order valence-corrected chi connectivity index (χ1v) is 6.33. The Bertz CT molecular complexity index is 549. The van der Waals surface area contributed by atoms with Gasteiger partial charge in [-0.05, 0) is 13.8 Å². The van der Waals surface area contributed by atoms with Crippen LogP contribution in [0.4, 0.5) is 0 Å². The van der Waals surface area contributed by atoms with Crippen molar-refractivity contribution in [1.82, 2.24) is 19.9 Å². The van der Waals surface area contributed by atoms with E-state index in [2.05, 4.69) is 15.0 Å². The standard InChI is InChI=1S/C12H14N4OS/c1-8-4-15-11(6-13-8)12(17)16(3)7-10-5-14-9(2)18-10/h4-6H,7H2,1-3H3. The quantitative estimate of drug-likeness (QED) is 0.846. The zero-order valence-electron chi connectivity index (χ0n) is 10.5. The van der Waals surface area contributed by atoms with E-state index < -0.39 is 0 Å². The Hall–Kier alpha value is -1.82. The van der Waals surface area contributed by atoms with Gasteiger partial charge in [-0.25, -0.2) is 9.97 Å². The van der Waals surface area contributed by atoms with Gasteiger partial charge in [-0.3, -0.25) is 9.78 Å². The van der Waals surface area contributed by atoms with Crippen molar-refractivity contribution in [3.63, 3.8) is 0 Å². The monoisotopic (exact) mass is 262 g/mol. The number of carbonyl (C=O) groups excluding carboxylic acids is 1. The molecule has 5 nitrogen and oxygen atoms in total. The Kier molecular flexibility index (Phi) is 3.66. The molecule has 2 rings (SSSR count). The van der Waals surface area contributed by atoms with E-state index in [0.29, 0.717) is 12.2 Å². The molecule has 0 aliphatic rings. The fourth-order valence-electron chi connectivity index (χ4n) is 1.48. The molecule has 0 aromatic carbocycles. The van der Waals surface area contributed by atoms with E-state index in [0.717, 1.165) is 15.6 Å². The second-order valence-corrected chi connectivity index (χ2v) is 5.37. The van der Waals surface area contributed by atoms with Crippen LogP contribution in [0.15, 0.2) is 18.6 Å². The Morgan fingerprint density at radius 2 is 2.00 bits per heavy atom. The molecule has 0 radical (unpaired) electrons. The Morgan fingerprint density at radius 3 is 2.56 bits per heavy atom. The Labute approximate surface area is 110 Å². The molecule has 0 fully saturated rings. The zero-order valence-corrected chi connectivity index (χ0v) is 11.4. The Morgan fingerprint density at radius 1 is 1.22 bits per heavy atom. The average molecular weight is 262 g/mol. The molecule has 0 N–H and O–H groups in total. The fourth-order valence-corrected chi connectivity index (χ4v) is 2.33. The van der Waals surface area contributed by atoms with Crippen LogP contribution in [0.25, 0.3) is 0 Å². The highest BCUT2D eigenvalue weighted by atomic mass is 32.1. The lowest BCUT2D eigenvalue weighted by atomic mass is 10.3. The van der Waals surface area contributed by atoms with Crippen LogP contribution in [0.5, 0.6) is 0 Å². The smallest absolute Gasteiger partial charge is 0.274 e. The second kappa shape index (κ2) is 5.22. The third-order valence-electron chi connectivity index (χ3n) is 2.41. The molecule has 2 heterocycles. The minimum atomic E-state index is -0.131. The highest BCUT2D eigenvalue weighted by Crippen LogP contribution is 2.14. The van der Waals surface area contributed by atoms with Crippen LogP contribution < -0.4 is 0 Å². The van der Waals surface area contributed by atoms with Crippen LogP contribution in [-0.2, 0) is 6.54 Å². The van der Waals surface area contributed by atoms with Gasteiger partial charge in [0.05, 0.1) is 23.4 Å². The van der Waals surface area contributed by atoms with Gasteiger partial charge in [0.25, 0.3) is 5.91 Å². The predicted molar refractivity (Wildman–Crippen MR) is 69.4 cm³/mol.